The summed E-state index contributed by atoms with van der Waals surface area (Å²) in [6.45, 7) is 7.57. The molecule has 0 aliphatic carbocycles. The monoisotopic (exact) mass is 267 g/mol. The fourth-order valence-electron chi connectivity index (χ4n) is 3.57. The van der Waals surface area contributed by atoms with E-state index in [1.54, 1.807) is 0 Å². The molecule has 5 nitrogen and oxygen atoms in total. The Hall–Kier alpha value is -0.810. The van der Waals surface area contributed by atoms with Crippen LogP contribution >= 0.6 is 0 Å². The van der Waals surface area contributed by atoms with Crippen LogP contribution in [-0.4, -0.2) is 55.4 Å². The van der Waals surface area contributed by atoms with Crippen LogP contribution in [0.4, 0.5) is 0 Å². The van der Waals surface area contributed by atoms with Crippen LogP contribution in [0.2, 0.25) is 0 Å². The highest BCUT2D eigenvalue weighted by molar-refractivity contribution is 5.78. The van der Waals surface area contributed by atoms with Gasteiger partial charge in [0.05, 0.1) is 31.5 Å². The van der Waals surface area contributed by atoms with Crippen molar-refractivity contribution in [2.75, 3.05) is 26.2 Å². The predicted molar refractivity (Wildman–Crippen MR) is 74.1 cm³/mol. The third-order valence-corrected chi connectivity index (χ3v) is 4.75. The Morgan fingerprint density at radius 3 is 2.95 bits per heavy atom. The summed E-state index contributed by atoms with van der Waals surface area (Å²) in [7, 11) is 0. The van der Waals surface area contributed by atoms with Crippen molar-refractivity contribution in [3.05, 3.63) is 0 Å². The molecule has 3 aliphatic heterocycles. The third-order valence-electron chi connectivity index (χ3n) is 4.75. The van der Waals surface area contributed by atoms with Crippen molar-refractivity contribution in [3.8, 4) is 0 Å². The lowest BCUT2D eigenvalue weighted by molar-refractivity contribution is 0.00514. The summed E-state index contributed by atoms with van der Waals surface area (Å²) in [4.78, 5) is 6.77. The molecule has 0 aromatic heterocycles. The molecule has 3 rings (SSSR count). The van der Waals surface area contributed by atoms with E-state index in [4.69, 9.17) is 15.2 Å². The summed E-state index contributed by atoms with van der Waals surface area (Å²) >= 11 is 0. The number of guanidine groups is 1. The Labute approximate surface area is 115 Å². The number of rotatable bonds is 2. The quantitative estimate of drug-likeness (QED) is 0.598. The molecule has 3 heterocycles. The summed E-state index contributed by atoms with van der Waals surface area (Å²) in [5.74, 6) is 0.666. The number of nitrogens with zero attached hydrogens (tertiary/aromatic N) is 2. The number of nitrogens with two attached hydrogens (primary N) is 1. The number of aliphatic imine (C=N–C) groups is 1. The molecule has 0 aromatic carbocycles. The average molecular weight is 267 g/mol. The van der Waals surface area contributed by atoms with Crippen molar-refractivity contribution in [1.29, 1.82) is 0 Å². The molecule has 2 bridgehead atoms. The summed E-state index contributed by atoms with van der Waals surface area (Å²) < 4.78 is 11.5. The molecule has 4 atom stereocenters. The Kier molecular flexibility index (Phi) is 3.43. The molecule has 0 amide bonds. The first-order valence-corrected chi connectivity index (χ1v) is 7.39. The van der Waals surface area contributed by atoms with Crippen molar-refractivity contribution in [1.82, 2.24) is 4.90 Å². The van der Waals surface area contributed by atoms with Gasteiger partial charge in [-0.15, -0.1) is 0 Å². The molecule has 3 fully saturated rings. The van der Waals surface area contributed by atoms with E-state index in [-0.39, 0.29) is 11.5 Å². The van der Waals surface area contributed by atoms with E-state index in [0.29, 0.717) is 18.2 Å². The minimum absolute atomic E-state index is 0.186. The molecule has 19 heavy (non-hydrogen) atoms. The SMILES string of the molecule is CC1CN(C(N)=NCC2(C)CC3CCC2O3)CCO1. The van der Waals surface area contributed by atoms with E-state index in [9.17, 15) is 0 Å². The van der Waals surface area contributed by atoms with Crippen molar-refractivity contribution < 1.29 is 9.47 Å². The average Bonchev–Trinajstić information content (AvgIpc) is 2.96. The van der Waals surface area contributed by atoms with Crippen LogP contribution < -0.4 is 5.73 Å². The van der Waals surface area contributed by atoms with E-state index in [1.807, 2.05) is 0 Å². The fraction of sp³-hybridized carbons (Fsp3) is 0.929. The lowest BCUT2D eigenvalue weighted by atomic mass is 9.76. The standard InChI is InChI=1S/C14H25N3O2/c1-10-8-17(5-6-18-10)13(15)16-9-14(2)7-11-3-4-12(14)19-11/h10-12H,3-9H2,1-2H3,(H2,15,16). The van der Waals surface area contributed by atoms with E-state index in [2.05, 4.69) is 23.7 Å². The first kappa shape index (κ1) is 13.2. The van der Waals surface area contributed by atoms with E-state index in [0.717, 1.165) is 32.7 Å². The summed E-state index contributed by atoms with van der Waals surface area (Å²) in [5.41, 5.74) is 6.31. The zero-order chi connectivity index (χ0) is 13.5. The van der Waals surface area contributed by atoms with Gasteiger partial charge in [0.2, 0.25) is 0 Å². The van der Waals surface area contributed by atoms with E-state index in [1.165, 1.54) is 12.8 Å². The zero-order valence-corrected chi connectivity index (χ0v) is 12.0. The molecule has 0 saturated carbocycles. The van der Waals surface area contributed by atoms with Crippen LogP contribution in [-0.2, 0) is 9.47 Å². The maximum Gasteiger partial charge on any atom is 0.191 e. The second-order valence-electron chi connectivity index (χ2n) is 6.48. The van der Waals surface area contributed by atoms with Crippen molar-refractivity contribution in [3.63, 3.8) is 0 Å². The van der Waals surface area contributed by atoms with Crippen LogP contribution in [0.1, 0.15) is 33.1 Å². The molecule has 0 radical (unpaired) electrons. The maximum absolute atomic E-state index is 6.13. The molecule has 2 N–H and O–H groups in total. The van der Waals surface area contributed by atoms with Gasteiger partial charge in [0, 0.05) is 18.5 Å². The normalized spacial score (nSPS) is 42.9. The van der Waals surface area contributed by atoms with E-state index >= 15 is 0 Å². The van der Waals surface area contributed by atoms with E-state index < -0.39 is 0 Å². The lowest BCUT2D eigenvalue weighted by Gasteiger charge is -2.33. The molecule has 108 valence electrons. The summed E-state index contributed by atoms with van der Waals surface area (Å²) in [6.07, 6.45) is 4.64. The largest absolute Gasteiger partial charge is 0.375 e. The second-order valence-corrected chi connectivity index (χ2v) is 6.48. The Bertz CT molecular complexity index is 374. The number of fused-ring (bicyclic) bond motifs is 2. The van der Waals surface area contributed by atoms with Gasteiger partial charge in [0.15, 0.2) is 5.96 Å². The molecule has 3 aliphatic rings. The van der Waals surface area contributed by atoms with Crippen LogP contribution in [0, 0.1) is 5.41 Å². The van der Waals surface area contributed by atoms with Gasteiger partial charge in [-0.05, 0) is 26.2 Å². The molecular weight excluding hydrogens is 242 g/mol. The molecule has 3 saturated heterocycles. The summed E-state index contributed by atoms with van der Waals surface area (Å²) in [6, 6.07) is 0. The molecule has 0 spiro atoms. The number of hydrogen-bond acceptors (Lipinski definition) is 3. The highest BCUT2D eigenvalue weighted by Crippen LogP contribution is 2.47. The van der Waals surface area contributed by atoms with Gasteiger partial charge in [-0.2, -0.15) is 0 Å². The van der Waals surface area contributed by atoms with Crippen LogP contribution in [0.5, 0.6) is 0 Å². The Morgan fingerprint density at radius 1 is 1.47 bits per heavy atom. The zero-order valence-electron chi connectivity index (χ0n) is 12.0. The van der Waals surface area contributed by atoms with Gasteiger partial charge in [-0.25, -0.2) is 0 Å². The molecule has 4 unspecified atom stereocenters. The van der Waals surface area contributed by atoms with Crippen LogP contribution in [0.15, 0.2) is 4.99 Å². The number of hydrogen-bond donors (Lipinski definition) is 1. The van der Waals surface area contributed by atoms with Gasteiger partial charge in [-0.3, -0.25) is 4.99 Å². The van der Waals surface area contributed by atoms with Crippen molar-refractivity contribution in [2.24, 2.45) is 16.1 Å². The summed E-state index contributed by atoms with van der Waals surface area (Å²) in [5, 5.41) is 0. The first-order chi connectivity index (χ1) is 9.07. The maximum atomic E-state index is 6.13. The third kappa shape index (κ3) is 2.58. The van der Waals surface area contributed by atoms with Gasteiger partial charge in [-0.1, -0.05) is 6.92 Å². The molecular formula is C14H25N3O2. The Balaban J connectivity index is 1.59. The first-order valence-electron chi connectivity index (χ1n) is 7.39. The molecule has 0 aromatic rings. The van der Waals surface area contributed by atoms with Gasteiger partial charge < -0.3 is 20.1 Å². The Morgan fingerprint density at radius 2 is 2.32 bits per heavy atom. The second kappa shape index (κ2) is 4.94. The minimum atomic E-state index is 0.186. The van der Waals surface area contributed by atoms with Gasteiger partial charge >= 0.3 is 0 Å². The topological polar surface area (TPSA) is 60.1 Å². The van der Waals surface area contributed by atoms with Crippen molar-refractivity contribution >= 4 is 5.96 Å². The van der Waals surface area contributed by atoms with Gasteiger partial charge in [0.1, 0.15) is 0 Å². The minimum Gasteiger partial charge on any atom is -0.375 e. The van der Waals surface area contributed by atoms with Crippen LogP contribution in [0.3, 0.4) is 0 Å². The van der Waals surface area contributed by atoms with Gasteiger partial charge in [0.25, 0.3) is 0 Å². The molecule has 5 heteroatoms. The number of morpholine rings is 1. The fourth-order valence-corrected chi connectivity index (χ4v) is 3.57. The lowest BCUT2D eigenvalue weighted by Crippen LogP contribution is -2.48. The highest BCUT2D eigenvalue weighted by Gasteiger charge is 2.49. The highest BCUT2D eigenvalue weighted by atomic mass is 16.5. The smallest absolute Gasteiger partial charge is 0.191 e. The number of ether oxygens (including phenoxy) is 2. The predicted octanol–water partition coefficient (Wildman–Crippen LogP) is 0.979. The van der Waals surface area contributed by atoms with Crippen molar-refractivity contribution in [2.45, 2.75) is 51.4 Å². The van der Waals surface area contributed by atoms with Crippen LogP contribution in [0.25, 0.3) is 0 Å².